The van der Waals surface area contributed by atoms with E-state index in [-0.39, 0.29) is 5.60 Å². The summed E-state index contributed by atoms with van der Waals surface area (Å²) >= 11 is 0. The number of nitrogens with zero attached hydrogens (tertiary/aromatic N) is 2. The molecule has 1 N–H and O–H groups in total. The first kappa shape index (κ1) is 15.7. The predicted molar refractivity (Wildman–Crippen MR) is 78.1 cm³/mol. The number of aromatic nitrogens is 2. The number of H-pyrrole nitrogens is 1. The molecule has 2 aliphatic heterocycles. The Labute approximate surface area is 136 Å². The van der Waals surface area contributed by atoms with Gasteiger partial charge >= 0.3 is 6.18 Å². The van der Waals surface area contributed by atoms with Crippen molar-refractivity contribution in [3.63, 3.8) is 0 Å². The van der Waals surface area contributed by atoms with Crippen LogP contribution in [0.15, 0.2) is 22.7 Å². The van der Waals surface area contributed by atoms with E-state index in [4.69, 9.17) is 9.15 Å². The minimum Gasteiger partial charge on any atom is -0.455 e. The largest absolute Gasteiger partial charge is 0.455 e. The molecule has 0 unspecified atom stereocenters. The number of fused-ring (bicyclic) bond motifs is 2. The highest BCUT2D eigenvalue weighted by Gasteiger charge is 2.42. The topological polar surface area (TPSA) is 54.3 Å². The Kier molecular flexibility index (Phi) is 3.69. The third-order valence-electron chi connectivity index (χ3n) is 4.91. The number of piperidine rings is 1. The van der Waals surface area contributed by atoms with Gasteiger partial charge in [0.15, 0.2) is 0 Å². The Morgan fingerprint density at radius 3 is 2.75 bits per heavy atom. The summed E-state index contributed by atoms with van der Waals surface area (Å²) in [5, 5.41) is 7.19. The average Bonchev–Trinajstić information content (AvgIpc) is 3.19. The monoisotopic (exact) mass is 341 g/mol. The number of hydrogen-bond acceptors (Lipinski definition) is 4. The number of furan rings is 1. The fourth-order valence-corrected chi connectivity index (χ4v) is 3.63. The SMILES string of the molecule is FC(F)(F)c1ccc(CN2CCC3(CC2)OCCc2cn[nH]c23)o1. The van der Waals surface area contributed by atoms with Crippen LogP contribution in [0.2, 0.25) is 0 Å². The maximum absolute atomic E-state index is 12.6. The summed E-state index contributed by atoms with van der Waals surface area (Å²) in [5.41, 5.74) is 1.93. The van der Waals surface area contributed by atoms with E-state index in [0.717, 1.165) is 44.1 Å². The average molecular weight is 341 g/mol. The van der Waals surface area contributed by atoms with Crippen LogP contribution < -0.4 is 0 Å². The highest BCUT2D eigenvalue weighted by Crippen LogP contribution is 2.40. The molecule has 5 nitrogen and oxygen atoms in total. The van der Waals surface area contributed by atoms with Crippen LogP contribution in [-0.4, -0.2) is 34.8 Å². The molecular formula is C16H18F3N3O2. The second kappa shape index (κ2) is 5.63. The van der Waals surface area contributed by atoms with Crippen molar-refractivity contribution in [1.29, 1.82) is 0 Å². The zero-order chi connectivity index (χ0) is 16.8. The van der Waals surface area contributed by atoms with Crippen molar-refractivity contribution in [2.45, 2.75) is 37.6 Å². The molecule has 4 heterocycles. The number of aromatic amines is 1. The van der Waals surface area contributed by atoms with E-state index in [0.29, 0.717) is 18.9 Å². The van der Waals surface area contributed by atoms with E-state index in [1.807, 2.05) is 6.20 Å². The standard InChI is InChI=1S/C16H18F3N3O2/c17-16(18,19)13-2-1-12(24-13)10-22-6-4-15(5-7-22)14-11(3-8-23-15)9-20-21-14/h1-2,9H,3-8,10H2,(H,20,21). The van der Waals surface area contributed by atoms with Gasteiger partial charge in [-0.05, 0) is 37.0 Å². The summed E-state index contributed by atoms with van der Waals surface area (Å²) in [6.45, 7) is 2.53. The fourth-order valence-electron chi connectivity index (χ4n) is 3.63. The smallest absolute Gasteiger partial charge is 0.449 e. The molecule has 1 saturated heterocycles. The molecule has 1 fully saturated rings. The lowest BCUT2D eigenvalue weighted by molar-refractivity contribution is -0.153. The Balaban J connectivity index is 1.42. The summed E-state index contributed by atoms with van der Waals surface area (Å²) in [6, 6.07) is 2.39. The third kappa shape index (κ3) is 2.73. The van der Waals surface area contributed by atoms with Gasteiger partial charge in [0.1, 0.15) is 11.4 Å². The lowest BCUT2D eigenvalue weighted by Gasteiger charge is -2.43. The Bertz CT molecular complexity index is 714. The van der Waals surface area contributed by atoms with Crippen LogP contribution in [0.3, 0.4) is 0 Å². The van der Waals surface area contributed by atoms with Crippen molar-refractivity contribution in [3.8, 4) is 0 Å². The van der Waals surface area contributed by atoms with Crippen LogP contribution in [0.25, 0.3) is 0 Å². The molecular weight excluding hydrogens is 323 g/mol. The van der Waals surface area contributed by atoms with Gasteiger partial charge in [-0.2, -0.15) is 18.3 Å². The molecule has 2 aromatic heterocycles. The lowest BCUT2D eigenvalue weighted by atomic mass is 9.84. The van der Waals surface area contributed by atoms with Gasteiger partial charge in [-0.3, -0.25) is 10.00 Å². The van der Waals surface area contributed by atoms with E-state index in [1.54, 1.807) is 0 Å². The van der Waals surface area contributed by atoms with Gasteiger partial charge in [0, 0.05) is 13.1 Å². The second-order valence-corrected chi connectivity index (χ2v) is 6.40. The van der Waals surface area contributed by atoms with Gasteiger partial charge in [-0.1, -0.05) is 0 Å². The van der Waals surface area contributed by atoms with Gasteiger partial charge in [0.25, 0.3) is 0 Å². The molecule has 0 aliphatic carbocycles. The van der Waals surface area contributed by atoms with Crippen molar-refractivity contribution in [2.24, 2.45) is 0 Å². The van der Waals surface area contributed by atoms with Crippen molar-refractivity contribution in [2.75, 3.05) is 19.7 Å². The summed E-state index contributed by atoms with van der Waals surface area (Å²) in [6.07, 6.45) is -0.140. The van der Waals surface area contributed by atoms with Gasteiger partial charge in [0.2, 0.25) is 5.76 Å². The van der Waals surface area contributed by atoms with Crippen LogP contribution in [0.1, 0.15) is 35.6 Å². The van der Waals surface area contributed by atoms with Crippen LogP contribution in [0.4, 0.5) is 13.2 Å². The summed E-state index contributed by atoms with van der Waals surface area (Å²) in [5.74, 6) is -0.603. The number of alkyl halides is 3. The first-order valence-electron chi connectivity index (χ1n) is 8.01. The van der Waals surface area contributed by atoms with Crippen LogP contribution in [0, 0.1) is 0 Å². The zero-order valence-electron chi connectivity index (χ0n) is 13.0. The van der Waals surface area contributed by atoms with Gasteiger partial charge in [0.05, 0.1) is 25.0 Å². The second-order valence-electron chi connectivity index (χ2n) is 6.40. The number of rotatable bonds is 2. The predicted octanol–water partition coefficient (Wildman–Crippen LogP) is 3.09. The number of ether oxygens (including phenoxy) is 1. The van der Waals surface area contributed by atoms with Crippen molar-refractivity contribution < 1.29 is 22.3 Å². The van der Waals surface area contributed by atoms with Crippen LogP contribution in [-0.2, 0) is 29.5 Å². The Hall–Kier alpha value is -1.80. The normalized spacial score (nSPS) is 21.1. The maximum Gasteiger partial charge on any atom is 0.449 e. The van der Waals surface area contributed by atoms with E-state index in [2.05, 4.69) is 15.1 Å². The molecule has 8 heteroatoms. The quantitative estimate of drug-likeness (QED) is 0.912. The zero-order valence-corrected chi connectivity index (χ0v) is 13.0. The number of likely N-dealkylation sites (tertiary alicyclic amines) is 1. The molecule has 0 saturated carbocycles. The summed E-state index contributed by atoms with van der Waals surface area (Å²) in [7, 11) is 0. The molecule has 2 aromatic rings. The Morgan fingerprint density at radius 1 is 1.25 bits per heavy atom. The molecule has 0 radical (unpaired) electrons. The number of hydrogen-bond donors (Lipinski definition) is 1. The molecule has 4 rings (SSSR count). The highest BCUT2D eigenvalue weighted by atomic mass is 19.4. The number of nitrogens with one attached hydrogen (secondary N) is 1. The molecule has 1 spiro atoms. The fraction of sp³-hybridized carbons (Fsp3) is 0.562. The maximum atomic E-state index is 12.6. The molecule has 0 amide bonds. The van der Waals surface area contributed by atoms with Crippen molar-refractivity contribution in [1.82, 2.24) is 15.1 Å². The van der Waals surface area contributed by atoms with Gasteiger partial charge < -0.3 is 9.15 Å². The molecule has 0 bridgehead atoms. The minimum atomic E-state index is -4.43. The third-order valence-corrected chi connectivity index (χ3v) is 4.91. The van der Waals surface area contributed by atoms with Crippen LogP contribution >= 0.6 is 0 Å². The molecule has 24 heavy (non-hydrogen) atoms. The molecule has 130 valence electrons. The first-order chi connectivity index (χ1) is 11.5. The molecule has 0 aromatic carbocycles. The Morgan fingerprint density at radius 2 is 2.04 bits per heavy atom. The van der Waals surface area contributed by atoms with E-state index in [1.165, 1.54) is 11.6 Å². The number of halogens is 3. The summed E-state index contributed by atoms with van der Waals surface area (Å²) in [4.78, 5) is 2.10. The van der Waals surface area contributed by atoms with Gasteiger partial charge in [-0.25, -0.2) is 0 Å². The highest BCUT2D eigenvalue weighted by molar-refractivity contribution is 5.26. The summed E-state index contributed by atoms with van der Waals surface area (Å²) < 4.78 is 48.8. The van der Waals surface area contributed by atoms with Crippen molar-refractivity contribution >= 4 is 0 Å². The van der Waals surface area contributed by atoms with E-state index in [9.17, 15) is 13.2 Å². The van der Waals surface area contributed by atoms with E-state index < -0.39 is 11.9 Å². The lowest BCUT2D eigenvalue weighted by Crippen LogP contribution is -2.46. The first-order valence-corrected chi connectivity index (χ1v) is 8.01. The van der Waals surface area contributed by atoms with Crippen LogP contribution in [0.5, 0.6) is 0 Å². The van der Waals surface area contributed by atoms with E-state index >= 15 is 0 Å². The molecule has 2 aliphatic rings. The minimum absolute atomic E-state index is 0.332. The molecule has 0 atom stereocenters. The van der Waals surface area contributed by atoms with Crippen molar-refractivity contribution in [3.05, 3.63) is 41.1 Å². The van der Waals surface area contributed by atoms with Gasteiger partial charge in [-0.15, -0.1) is 0 Å².